The van der Waals surface area contributed by atoms with Crippen LogP contribution >= 0.6 is 0 Å². The molecule has 0 aliphatic rings. The normalized spacial score (nSPS) is 11.2. The summed E-state index contributed by atoms with van der Waals surface area (Å²) in [7, 11) is 1.51. The highest BCUT2D eigenvalue weighted by Crippen LogP contribution is 2.29. The van der Waals surface area contributed by atoms with E-state index in [4.69, 9.17) is 14.2 Å². The van der Waals surface area contributed by atoms with Crippen LogP contribution < -0.4 is 9.47 Å². The zero-order valence-corrected chi connectivity index (χ0v) is 18.6. The van der Waals surface area contributed by atoms with Crippen molar-refractivity contribution < 1.29 is 23.8 Å². The molecule has 0 N–H and O–H groups in total. The second kappa shape index (κ2) is 10.1. The van der Waals surface area contributed by atoms with Gasteiger partial charge >= 0.3 is 5.97 Å². The minimum atomic E-state index is -0.591. The highest BCUT2D eigenvalue weighted by Gasteiger charge is 2.27. The number of rotatable bonds is 8. The quantitative estimate of drug-likeness (QED) is 0.598. The summed E-state index contributed by atoms with van der Waals surface area (Å²) < 4.78 is 16.3. The molecule has 30 heavy (non-hydrogen) atoms. The molecule has 0 fully saturated rings. The molecule has 0 saturated carbocycles. The monoisotopic (exact) mass is 413 g/mol. The van der Waals surface area contributed by atoms with E-state index in [-0.39, 0.29) is 18.6 Å². The Morgan fingerprint density at radius 3 is 2.23 bits per heavy atom. The Labute approximate surface area is 178 Å². The second-order valence-electron chi connectivity index (χ2n) is 8.24. The van der Waals surface area contributed by atoms with Crippen molar-refractivity contribution in [2.75, 3.05) is 13.7 Å². The average molecular weight is 414 g/mol. The van der Waals surface area contributed by atoms with E-state index in [1.807, 2.05) is 65.0 Å². The third-order valence-electron chi connectivity index (χ3n) is 4.38. The van der Waals surface area contributed by atoms with Gasteiger partial charge in [0, 0.05) is 12.1 Å². The Bertz CT molecular complexity index is 856. The molecule has 0 bridgehead atoms. The number of nitrogens with zero attached hydrogens (tertiary/aromatic N) is 1. The van der Waals surface area contributed by atoms with E-state index in [9.17, 15) is 9.59 Å². The Kier molecular flexibility index (Phi) is 7.86. The van der Waals surface area contributed by atoms with Gasteiger partial charge in [-0.15, -0.1) is 0 Å². The molecule has 0 spiro atoms. The van der Waals surface area contributed by atoms with Crippen molar-refractivity contribution >= 4 is 11.9 Å². The van der Waals surface area contributed by atoms with Crippen LogP contribution in [0.4, 0.5) is 0 Å². The summed E-state index contributed by atoms with van der Waals surface area (Å²) in [6, 6.07) is 14.5. The smallest absolute Gasteiger partial charge is 0.338 e. The van der Waals surface area contributed by atoms with Gasteiger partial charge in [0.1, 0.15) is 0 Å². The van der Waals surface area contributed by atoms with Crippen LogP contribution in [0.3, 0.4) is 0 Å². The topological polar surface area (TPSA) is 65.1 Å². The van der Waals surface area contributed by atoms with Gasteiger partial charge in [0.25, 0.3) is 5.91 Å². The van der Waals surface area contributed by atoms with Crippen LogP contribution in [0, 0.1) is 0 Å². The molecular formula is C24H31NO5. The van der Waals surface area contributed by atoms with Gasteiger partial charge in [0.15, 0.2) is 18.1 Å². The van der Waals surface area contributed by atoms with Gasteiger partial charge in [0.2, 0.25) is 0 Å². The van der Waals surface area contributed by atoms with Crippen LogP contribution in [0.5, 0.6) is 11.5 Å². The van der Waals surface area contributed by atoms with Gasteiger partial charge in [0.05, 0.1) is 18.8 Å². The first-order chi connectivity index (χ1) is 14.1. The average Bonchev–Trinajstić information content (AvgIpc) is 2.69. The molecular weight excluding hydrogens is 382 g/mol. The molecule has 0 saturated heterocycles. The number of benzene rings is 2. The number of methoxy groups -OCH3 is 1. The number of esters is 1. The minimum absolute atomic E-state index is 0.0256. The van der Waals surface area contributed by atoms with Crippen LogP contribution in [-0.4, -0.2) is 42.1 Å². The fourth-order valence-electron chi connectivity index (χ4n) is 2.90. The molecule has 0 radical (unpaired) electrons. The maximum atomic E-state index is 12.8. The van der Waals surface area contributed by atoms with Gasteiger partial charge < -0.3 is 19.1 Å². The molecule has 6 nitrogen and oxygen atoms in total. The van der Waals surface area contributed by atoms with Crippen molar-refractivity contribution in [1.82, 2.24) is 4.90 Å². The van der Waals surface area contributed by atoms with E-state index in [1.165, 1.54) is 7.11 Å². The molecule has 0 aromatic heterocycles. The largest absolute Gasteiger partial charge is 0.493 e. The van der Waals surface area contributed by atoms with Crippen LogP contribution in [0.1, 0.15) is 50.5 Å². The highest BCUT2D eigenvalue weighted by molar-refractivity contribution is 5.92. The van der Waals surface area contributed by atoms with Gasteiger partial charge in [-0.05, 0) is 58.4 Å². The minimum Gasteiger partial charge on any atom is -0.493 e. The summed E-state index contributed by atoms with van der Waals surface area (Å²) in [5.74, 6) is 0.129. The molecule has 1 amide bonds. The predicted molar refractivity (Wildman–Crippen MR) is 116 cm³/mol. The highest BCUT2D eigenvalue weighted by atomic mass is 16.5. The van der Waals surface area contributed by atoms with Crippen molar-refractivity contribution in [3.05, 3.63) is 59.7 Å². The molecule has 6 heteroatoms. The number of carbonyl (C=O) groups excluding carboxylic acids is 2. The first-order valence-corrected chi connectivity index (χ1v) is 9.98. The summed E-state index contributed by atoms with van der Waals surface area (Å²) >= 11 is 0. The fourth-order valence-corrected chi connectivity index (χ4v) is 2.90. The van der Waals surface area contributed by atoms with Crippen LogP contribution in [-0.2, 0) is 16.1 Å². The summed E-state index contributed by atoms with van der Waals surface area (Å²) in [4.78, 5) is 27.0. The van der Waals surface area contributed by atoms with E-state index in [0.717, 1.165) is 5.56 Å². The standard InChI is InChI=1S/C24H31NO5/c1-17(2)30-20-13-12-19(14-21(20)28-6)23(27)29-16-22(26)25(24(3,4)5)15-18-10-8-7-9-11-18/h7-14,17H,15-16H2,1-6H3. The first-order valence-electron chi connectivity index (χ1n) is 9.98. The molecule has 0 aliphatic carbocycles. The van der Waals surface area contributed by atoms with Crippen molar-refractivity contribution in [3.8, 4) is 11.5 Å². The zero-order chi connectivity index (χ0) is 22.3. The predicted octanol–water partition coefficient (Wildman–Crippen LogP) is 4.47. The van der Waals surface area contributed by atoms with E-state index in [0.29, 0.717) is 23.6 Å². The summed E-state index contributed by atoms with van der Waals surface area (Å²) in [5, 5.41) is 0. The number of ether oxygens (including phenoxy) is 3. The molecule has 2 rings (SSSR count). The molecule has 0 atom stereocenters. The summed E-state index contributed by atoms with van der Waals surface area (Å²) in [5.41, 5.74) is 0.886. The SMILES string of the molecule is COc1cc(C(=O)OCC(=O)N(Cc2ccccc2)C(C)(C)C)ccc1OC(C)C. The zero-order valence-electron chi connectivity index (χ0n) is 18.6. The van der Waals surface area contributed by atoms with Crippen LogP contribution in [0.25, 0.3) is 0 Å². The van der Waals surface area contributed by atoms with E-state index in [1.54, 1.807) is 23.1 Å². The van der Waals surface area contributed by atoms with Crippen LogP contribution in [0.2, 0.25) is 0 Å². The van der Waals surface area contributed by atoms with Crippen molar-refractivity contribution in [1.29, 1.82) is 0 Å². The molecule has 162 valence electrons. The Morgan fingerprint density at radius 2 is 1.67 bits per heavy atom. The summed E-state index contributed by atoms with van der Waals surface area (Å²) in [6.07, 6.45) is -0.0256. The third kappa shape index (κ3) is 6.51. The fraction of sp³-hybridized carbons (Fsp3) is 0.417. The molecule has 0 heterocycles. The molecule has 2 aromatic rings. The Hall–Kier alpha value is -3.02. The van der Waals surface area contributed by atoms with Crippen LogP contribution in [0.15, 0.2) is 48.5 Å². The van der Waals surface area contributed by atoms with Crippen molar-refractivity contribution in [2.24, 2.45) is 0 Å². The molecule has 2 aromatic carbocycles. The van der Waals surface area contributed by atoms with Gasteiger partial charge in [-0.25, -0.2) is 4.79 Å². The lowest BCUT2D eigenvalue weighted by Gasteiger charge is -2.35. The van der Waals surface area contributed by atoms with E-state index < -0.39 is 11.5 Å². The third-order valence-corrected chi connectivity index (χ3v) is 4.38. The Morgan fingerprint density at radius 1 is 1.00 bits per heavy atom. The van der Waals surface area contributed by atoms with Gasteiger partial charge in [-0.1, -0.05) is 30.3 Å². The molecule has 0 unspecified atom stereocenters. The van der Waals surface area contributed by atoms with Gasteiger partial charge in [-0.3, -0.25) is 4.79 Å². The number of amides is 1. The van der Waals surface area contributed by atoms with Crippen molar-refractivity contribution in [2.45, 2.75) is 52.8 Å². The lowest BCUT2D eigenvalue weighted by molar-refractivity contribution is -0.140. The summed E-state index contributed by atoms with van der Waals surface area (Å²) in [6.45, 7) is 9.77. The number of carbonyl (C=O) groups is 2. The first kappa shape index (κ1) is 23.3. The number of hydrogen-bond acceptors (Lipinski definition) is 5. The van der Waals surface area contributed by atoms with Crippen molar-refractivity contribution in [3.63, 3.8) is 0 Å². The van der Waals surface area contributed by atoms with E-state index >= 15 is 0 Å². The second-order valence-corrected chi connectivity index (χ2v) is 8.24. The van der Waals surface area contributed by atoms with E-state index in [2.05, 4.69) is 0 Å². The lowest BCUT2D eigenvalue weighted by atomic mass is 10.0. The maximum Gasteiger partial charge on any atom is 0.338 e. The number of hydrogen-bond donors (Lipinski definition) is 0. The maximum absolute atomic E-state index is 12.8. The molecule has 0 aliphatic heterocycles. The Balaban J connectivity index is 2.07. The lowest BCUT2D eigenvalue weighted by Crippen LogP contribution is -2.46. The van der Waals surface area contributed by atoms with Gasteiger partial charge in [-0.2, -0.15) is 0 Å².